The lowest BCUT2D eigenvalue weighted by Gasteiger charge is -2.21. The molecular formula is C13H19NO3. The van der Waals surface area contributed by atoms with Crippen molar-refractivity contribution in [2.24, 2.45) is 11.8 Å². The maximum absolute atomic E-state index is 10.8. The highest BCUT2D eigenvalue weighted by Gasteiger charge is 2.26. The standard InChI is InChI=1S/C7H9NO.C6H10O2/c1-8-5-7(9)6-3-2-4-6;1-8-6(7)5-3-2-4-5/h6H,2-5H2;5H,2-4H2,1H3. The molecule has 0 atom stereocenters. The Bertz CT molecular complexity index is 311. The van der Waals surface area contributed by atoms with E-state index >= 15 is 0 Å². The number of rotatable bonds is 3. The van der Waals surface area contributed by atoms with Crippen LogP contribution in [0.15, 0.2) is 0 Å². The molecule has 0 aromatic rings. The molecular weight excluding hydrogens is 218 g/mol. The van der Waals surface area contributed by atoms with Crippen molar-refractivity contribution in [1.82, 2.24) is 0 Å². The Labute approximate surface area is 102 Å². The quantitative estimate of drug-likeness (QED) is 0.558. The van der Waals surface area contributed by atoms with Crippen molar-refractivity contribution in [3.05, 3.63) is 11.4 Å². The number of nitrogens with zero attached hydrogens (tertiary/aromatic N) is 1. The van der Waals surface area contributed by atoms with Gasteiger partial charge < -0.3 is 9.58 Å². The van der Waals surface area contributed by atoms with E-state index in [0.717, 1.165) is 25.7 Å². The SMILES string of the molecule is COC(=O)C1CCC1.[C-]#[N+]CC(=O)C1CCC1. The first kappa shape index (κ1) is 13.7. The second kappa shape index (κ2) is 7.05. The normalized spacial score (nSPS) is 18.8. The molecule has 0 radical (unpaired) electrons. The number of Topliss-reactive ketones (excluding diaryl/α,β-unsaturated/α-hetero) is 1. The van der Waals surface area contributed by atoms with E-state index in [4.69, 9.17) is 6.57 Å². The van der Waals surface area contributed by atoms with Gasteiger partial charge in [-0.1, -0.05) is 12.8 Å². The van der Waals surface area contributed by atoms with E-state index in [1.165, 1.54) is 20.0 Å². The molecule has 2 saturated carbocycles. The van der Waals surface area contributed by atoms with Gasteiger partial charge >= 0.3 is 5.97 Å². The maximum atomic E-state index is 10.8. The summed E-state index contributed by atoms with van der Waals surface area (Å²) in [4.78, 5) is 24.4. The zero-order valence-corrected chi connectivity index (χ0v) is 10.3. The fourth-order valence-corrected chi connectivity index (χ4v) is 1.75. The minimum Gasteiger partial charge on any atom is -0.469 e. The molecule has 0 aliphatic heterocycles. The van der Waals surface area contributed by atoms with Crippen molar-refractivity contribution in [2.75, 3.05) is 13.7 Å². The van der Waals surface area contributed by atoms with Crippen LogP contribution in [0.2, 0.25) is 0 Å². The third kappa shape index (κ3) is 4.18. The molecule has 2 fully saturated rings. The lowest BCUT2D eigenvalue weighted by molar-refractivity contribution is -0.148. The molecule has 17 heavy (non-hydrogen) atoms. The Hall–Kier alpha value is -1.37. The van der Waals surface area contributed by atoms with Crippen LogP contribution in [-0.4, -0.2) is 25.4 Å². The monoisotopic (exact) mass is 237 g/mol. The van der Waals surface area contributed by atoms with Crippen LogP contribution in [0, 0.1) is 18.4 Å². The number of methoxy groups -OCH3 is 1. The van der Waals surface area contributed by atoms with Crippen molar-refractivity contribution in [3.8, 4) is 0 Å². The van der Waals surface area contributed by atoms with Crippen LogP contribution < -0.4 is 0 Å². The lowest BCUT2D eigenvalue weighted by atomic mass is 9.82. The largest absolute Gasteiger partial charge is 0.469 e. The van der Waals surface area contributed by atoms with Crippen LogP contribution in [0.1, 0.15) is 38.5 Å². The maximum Gasteiger partial charge on any atom is 0.308 e. The number of carbonyl (C=O) groups is 2. The number of ketones is 1. The highest BCUT2D eigenvalue weighted by molar-refractivity contribution is 5.84. The Morgan fingerprint density at radius 1 is 1.18 bits per heavy atom. The average molecular weight is 237 g/mol. The molecule has 0 N–H and O–H groups in total. The van der Waals surface area contributed by atoms with E-state index < -0.39 is 0 Å². The summed E-state index contributed by atoms with van der Waals surface area (Å²) in [6.45, 7) is 6.53. The molecule has 2 aliphatic rings. The van der Waals surface area contributed by atoms with Gasteiger partial charge in [-0.05, 0) is 25.7 Å². The van der Waals surface area contributed by atoms with E-state index in [1.807, 2.05) is 0 Å². The summed E-state index contributed by atoms with van der Waals surface area (Å²) in [6.07, 6.45) is 6.48. The summed E-state index contributed by atoms with van der Waals surface area (Å²) in [6, 6.07) is 0. The molecule has 4 heteroatoms. The van der Waals surface area contributed by atoms with E-state index in [2.05, 4.69) is 9.58 Å². The smallest absolute Gasteiger partial charge is 0.308 e. The molecule has 2 rings (SSSR count). The van der Waals surface area contributed by atoms with Gasteiger partial charge in [0, 0.05) is 5.92 Å². The summed E-state index contributed by atoms with van der Waals surface area (Å²) in [5, 5.41) is 0. The fraction of sp³-hybridized carbons (Fsp3) is 0.769. The fourth-order valence-electron chi connectivity index (χ4n) is 1.75. The van der Waals surface area contributed by atoms with Crippen LogP contribution in [0.5, 0.6) is 0 Å². The van der Waals surface area contributed by atoms with Crippen molar-refractivity contribution in [1.29, 1.82) is 0 Å². The molecule has 0 unspecified atom stereocenters. The Balaban J connectivity index is 0.000000171. The first-order chi connectivity index (χ1) is 8.19. The molecule has 94 valence electrons. The topological polar surface area (TPSA) is 47.7 Å². The molecule has 4 nitrogen and oxygen atoms in total. The predicted molar refractivity (Wildman–Crippen MR) is 63.2 cm³/mol. The molecule has 2 aliphatic carbocycles. The van der Waals surface area contributed by atoms with Crippen LogP contribution >= 0.6 is 0 Å². The number of hydrogen-bond donors (Lipinski definition) is 0. The molecule has 0 amide bonds. The van der Waals surface area contributed by atoms with Gasteiger partial charge in [-0.2, -0.15) is 0 Å². The van der Waals surface area contributed by atoms with Gasteiger partial charge in [-0.25, -0.2) is 6.57 Å². The second-order valence-electron chi connectivity index (χ2n) is 4.56. The van der Waals surface area contributed by atoms with Crippen LogP contribution in [0.25, 0.3) is 4.85 Å². The highest BCUT2D eigenvalue weighted by Crippen LogP contribution is 2.27. The van der Waals surface area contributed by atoms with Gasteiger partial charge in [0.25, 0.3) is 6.54 Å². The summed E-state index contributed by atoms with van der Waals surface area (Å²) < 4.78 is 4.52. The number of hydrogen-bond acceptors (Lipinski definition) is 3. The minimum atomic E-state index is -0.0312. The van der Waals surface area contributed by atoms with Crippen LogP contribution in [0.4, 0.5) is 0 Å². The van der Waals surface area contributed by atoms with Gasteiger partial charge in [-0.15, -0.1) is 0 Å². The Kier molecular flexibility index (Phi) is 5.68. The Morgan fingerprint density at radius 2 is 1.71 bits per heavy atom. The minimum absolute atomic E-state index is 0.0312. The Morgan fingerprint density at radius 3 is 1.94 bits per heavy atom. The van der Waals surface area contributed by atoms with Crippen molar-refractivity contribution >= 4 is 11.8 Å². The third-order valence-corrected chi connectivity index (χ3v) is 3.44. The number of ether oxygens (including phenoxy) is 1. The zero-order chi connectivity index (χ0) is 12.7. The zero-order valence-electron chi connectivity index (χ0n) is 10.3. The van der Waals surface area contributed by atoms with Crippen molar-refractivity contribution in [2.45, 2.75) is 38.5 Å². The van der Waals surface area contributed by atoms with E-state index in [9.17, 15) is 9.59 Å². The third-order valence-electron chi connectivity index (χ3n) is 3.44. The molecule has 0 bridgehead atoms. The van der Waals surface area contributed by atoms with Gasteiger partial charge in [0.1, 0.15) is 0 Å². The van der Waals surface area contributed by atoms with Crippen molar-refractivity contribution < 1.29 is 14.3 Å². The van der Waals surface area contributed by atoms with E-state index in [1.54, 1.807) is 0 Å². The first-order valence-corrected chi connectivity index (χ1v) is 6.12. The highest BCUT2D eigenvalue weighted by atomic mass is 16.5. The number of carbonyl (C=O) groups excluding carboxylic acids is 2. The number of esters is 1. The summed E-state index contributed by atoms with van der Waals surface area (Å²) in [7, 11) is 1.45. The predicted octanol–water partition coefficient (Wildman–Crippen LogP) is 2.23. The average Bonchev–Trinajstić information content (AvgIpc) is 2.13. The molecule has 0 saturated heterocycles. The lowest BCUT2D eigenvalue weighted by Crippen LogP contribution is -2.23. The molecule has 0 aromatic heterocycles. The summed E-state index contributed by atoms with van der Waals surface area (Å²) in [5.74, 6) is 0.603. The van der Waals surface area contributed by atoms with Crippen molar-refractivity contribution in [3.63, 3.8) is 0 Å². The van der Waals surface area contributed by atoms with E-state index in [0.29, 0.717) is 0 Å². The summed E-state index contributed by atoms with van der Waals surface area (Å²) >= 11 is 0. The summed E-state index contributed by atoms with van der Waals surface area (Å²) in [5.41, 5.74) is 0. The molecule has 0 heterocycles. The van der Waals surface area contributed by atoms with Gasteiger partial charge in [0.05, 0.1) is 13.0 Å². The van der Waals surface area contributed by atoms with Gasteiger partial charge in [-0.3, -0.25) is 9.59 Å². The molecule has 0 aromatic carbocycles. The second-order valence-corrected chi connectivity index (χ2v) is 4.56. The van der Waals surface area contributed by atoms with Gasteiger partial charge in [0.15, 0.2) is 0 Å². The van der Waals surface area contributed by atoms with Gasteiger partial charge in [0.2, 0.25) is 5.78 Å². The van der Waals surface area contributed by atoms with E-state index in [-0.39, 0.29) is 30.1 Å². The first-order valence-electron chi connectivity index (χ1n) is 6.12. The molecule has 0 spiro atoms. The van der Waals surface area contributed by atoms with Crippen LogP contribution in [-0.2, 0) is 14.3 Å². The van der Waals surface area contributed by atoms with Crippen LogP contribution in [0.3, 0.4) is 0 Å².